The summed E-state index contributed by atoms with van der Waals surface area (Å²) in [5.74, 6) is 1.10. The number of carbonyl (C=O) groups excluding carboxylic acids is 1. The molecular formula is C23H23NO6S2. The molecule has 2 aromatic carbocycles. The monoisotopic (exact) mass is 473 g/mol. The molecule has 7 nitrogen and oxygen atoms in total. The molecule has 0 aliphatic carbocycles. The van der Waals surface area contributed by atoms with Gasteiger partial charge in [0.25, 0.3) is 0 Å². The molecule has 1 atom stereocenters. The second-order valence-corrected chi connectivity index (χ2v) is 9.96. The first kappa shape index (κ1) is 22.2. The van der Waals surface area contributed by atoms with E-state index in [9.17, 15) is 13.2 Å². The van der Waals surface area contributed by atoms with E-state index in [0.717, 1.165) is 10.4 Å². The number of ether oxygens (including phenoxy) is 3. The van der Waals surface area contributed by atoms with Crippen LogP contribution in [0.2, 0.25) is 0 Å². The number of hydrogen-bond donors (Lipinski definition) is 1. The van der Waals surface area contributed by atoms with E-state index in [1.54, 1.807) is 30.7 Å². The van der Waals surface area contributed by atoms with Crippen molar-refractivity contribution in [3.05, 3.63) is 58.3 Å². The van der Waals surface area contributed by atoms with Crippen LogP contribution in [0.25, 0.3) is 0 Å². The Kier molecular flexibility index (Phi) is 6.12. The largest absolute Gasteiger partial charge is 0.497 e. The molecule has 0 saturated heterocycles. The number of benzene rings is 2. The number of thiophene rings is 1. The summed E-state index contributed by atoms with van der Waals surface area (Å²) < 4.78 is 43.1. The topological polar surface area (TPSA) is 90.9 Å². The van der Waals surface area contributed by atoms with E-state index in [1.165, 1.54) is 30.6 Å². The first-order chi connectivity index (χ1) is 15.4. The Morgan fingerprint density at radius 2 is 1.84 bits per heavy atom. The Bertz CT molecular complexity index is 1250. The van der Waals surface area contributed by atoms with Crippen LogP contribution in [0.15, 0.2) is 57.6 Å². The van der Waals surface area contributed by atoms with Gasteiger partial charge in [-0.25, -0.2) is 8.42 Å². The summed E-state index contributed by atoms with van der Waals surface area (Å²) in [6.45, 7) is 2.31. The lowest BCUT2D eigenvalue weighted by Gasteiger charge is -2.26. The summed E-state index contributed by atoms with van der Waals surface area (Å²) in [6.07, 6.45) is 0.183. The van der Waals surface area contributed by atoms with Gasteiger partial charge in [0.1, 0.15) is 10.6 Å². The molecule has 1 aromatic heterocycles. The standard InChI is InChI=1S/C23H23NO6S2/c1-4-30-22-16(6-5-7-18(22)29-3)17-12-20(25)24-21-19(13-31-23(17)21)32(26,27)15-10-8-14(28-2)9-11-15/h5-11,13,17H,4,12H2,1-3H3,(H,24,25)/t17-/m0/s1. The number of sulfone groups is 1. The molecule has 1 aliphatic heterocycles. The number of rotatable bonds is 7. The maximum atomic E-state index is 13.4. The third kappa shape index (κ3) is 3.82. The van der Waals surface area contributed by atoms with Gasteiger partial charge in [-0.05, 0) is 37.3 Å². The Morgan fingerprint density at radius 1 is 1.09 bits per heavy atom. The maximum absolute atomic E-state index is 13.4. The van der Waals surface area contributed by atoms with Crippen LogP contribution in [0.3, 0.4) is 0 Å². The molecule has 2 heterocycles. The van der Waals surface area contributed by atoms with Crippen molar-refractivity contribution in [1.29, 1.82) is 0 Å². The fourth-order valence-electron chi connectivity index (χ4n) is 3.80. The number of carbonyl (C=O) groups is 1. The van der Waals surface area contributed by atoms with Gasteiger partial charge in [-0.1, -0.05) is 12.1 Å². The average molecular weight is 474 g/mol. The van der Waals surface area contributed by atoms with Crippen molar-refractivity contribution in [3.8, 4) is 17.2 Å². The smallest absolute Gasteiger partial charge is 0.225 e. The van der Waals surface area contributed by atoms with Gasteiger partial charge in [0.05, 0.1) is 31.4 Å². The summed E-state index contributed by atoms with van der Waals surface area (Å²) in [4.78, 5) is 13.6. The Hall–Kier alpha value is -3.04. The first-order valence-electron chi connectivity index (χ1n) is 10.0. The normalized spacial score (nSPS) is 15.6. The van der Waals surface area contributed by atoms with E-state index in [4.69, 9.17) is 14.2 Å². The van der Waals surface area contributed by atoms with Crippen LogP contribution < -0.4 is 19.5 Å². The molecule has 168 valence electrons. The SMILES string of the molecule is CCOc1c(OC)cccc1[C@@H]1CC(=O)Nc2c(S(=O)(=O)c3ccc(OC)cc3)csc21. The number of para-hydroxylation sites is 1. The average Bonchev–Trinajstić information content (AvgIpc) is 3.23. The van der Waals surface area contributed by atoms with Crippen LogP contribution in [-0.4, -0.2) is 35.2 Å². The molecule has 1 N–H and O–H groups in total. The second kappa shape index (κ2) is 8.84. The minimum absolute atomic E-state index is 0.0848. The molecule has 4 rings (SSSR count). The van der Waals surface area contributed by atoms with Crippen molar-refractivity contribution in [2.24, 2.45) is 0 Å². The summed E-state index contributed by atoms with van der Waals surface area (Å²) in [5, 5.41) is 4.37. The lowest BCUT2D eigenvalue weighted by atomic mass is 9.89. The molecule has 9 heteroatoms. The summed E-state index contributed by atoms with van der Waals surface area (Å²) in [5.41, 5.74) is 1.12. The van der Waals surface area contributed by atoms with Crippen LogP contribution in [0.4, 0.5) is 5.69 Å². The van der Waals surface area contributed by atoms with E-state index in [1.807, 2.05) is 19.1 Å². The molecule has 1 aliphatic rings. The number of fused-ring (bicyclic) bond motifs is 1. The van der Waals surface area contributed by atoms with E-state index < -0.39 is 9.84 Å². The van der Waals surface area contributed by atoms with Crippen molar-refractivity contribution in [2.75, 3.05) is 26.1 Å². The van der Waals surface area contributed by atoms with Crippen LogP contribution in [0.1, 0.15) is 29.7 Å². The zero-order valence-corrected chi connectivity index (χ0v) is 19.5. The van der Waals surface area contributed by atoms with Crippen molar-refractivity contribution < 1.29 is 27.4 Å². The molecule has 1 amide bonds. The predicted molar refractivity (Wildman–Crippen MR) is 122 cm³/mol. The van der Waals surface area contributed by atoms with Gasteiger partial charge >= 0.3 is 0 Å². The molecular weight excluding hydrogens is 450 g/mol. The van der Waals surface area contributed by atoms with Crippen LogP contribution in [0.5, 0.6) is 17.2 Å². The molecule has 3 aromatic rings. The highest BCUT2D eigenvalue weighted by molar-refractivity contribution is 7.91. The van der Waals surface area contributed by atoms with Crippen LogP contribution in [-0.2, 0) is 14.6 Å². The van der Waals surface area contributed by atoms with Crippen molar-refractivity contribution in [2.45, 2.75) is 29.1 Å². The third-order valence-corrected chi connectivity index (χ3v) is 8.35. The summed E-state index contributed by atoms with van der Waals surface area (Å²) in [7, 11) is -0.762. The van der Waals surface area contributed by atoms with Crippen molar-refractivity contribution in [3.63, 3.8) is 0 Å². The Balaban J connectivity index is 1.82. The minimum Gasteiger partial charge on any atom is -0.497 e. The van der Waals surface area contributed by atoms with Crippen LogP contribution >= 0.6 is 11.3 Å². The molecule has 32 heavy (non-hydrogen) atoms. The van der Waals surface area contributed by atoms with E-state index in [0.29, 0.717) is 29.5 Å². The highest BCUT2D eigenvalue weighted by atomic mass is 32.2. The number of nitrogens with one attached hydrogen (secondary N) is 1. The molecule has 0 bridgehead atoms. The number of anilines is 1. The number of amides is 1. The first-order valence-corrected chi connectivity index (χ1v) is 12.4. The van der Waals surface area contributed by atoms with E-state index in [2.05, 4.69) is 5.32 Å². The van der Waals surface area contributed by atoms with Crippen molar-refractivity contribution >= 4 is 32.8 Å². The van der Waals surface area contributed by atoms with Crippen LogP contribution in [0, 0.1) is 0 Å². The zero-order chi connectivity index (χ0) is 22.9. The fourth-order valence-corrected chi connectivity index (χ4v) is 6.70. The fraction of sp³-hybridized carbons (Fsp3) is 0.261. The van der Waals surface area contributed by atoms with E-state index >= 15 is 0 Å². The lowest BCUT2D eigenvalue weighted by Crippen LogP contribution is -2.24. The van der Waals surface area contributed by atoms with Gasteiger partial charge in [-0.15, -0.1) is 11.3 Å². The molecule has 0 spiro atoms. The second-order valence-electron chi connectivity index (χ2n) is 7.13. The van der Waals surface area contributed by atoms with Gasteiger partial charge in [-0.3, -0.25) is 4.79 Å². The molecule has 0 radical (unpaired) electrons. The molecule has 0 saturated carbocycles. The van der Waals surface area contributed by atoms with Gasteiger partial charge in [0.15, 0.2) is 11.5 Å². The number of hydrogen-bond acceptors (Lipinski definition) is 7. The van der Waals surface area contributed by atoms with Crippen molar-refractivity contribution in [1.82, 2.24) is 0 Å². The lowest BCUT2D eigenvalue weighted by molar-refractivity contribution is -0.116. The van der Waals surface area contributed by atoms with Gasteiger partial charge in [0.2, 0.25) is 15.7 Å². The minimum atomic E-state index is -3.84. The predicted octanol–water partition coefficient (Wildman–Crippen LogP) is 4.47. The Labute approximate surface area is 190 Å². The quantitative estimate of drug-likeness (QED) is 0.544. The highest BCUT2D eigenvalue weighted by Crippen LogP contribution is 2.49. The third-order valence-electron chi connectivity index (χ3n) is 5.31. The Morgan fingerprint density at radius 3 is 2.50 bits per heavy atom. The zero-order valence-electron chi connectivity index (χ0n) is 17.9. The molecule has 0 unspecified atom stereocenters. The molecule has 0 fully saturated rings. The summed E-state index contributed by atoms with van der Waals surface area (Å²) >= 11 is 1.31. The highest BCUT2D eigenvalue weighted by Gasteiger charge is 2.36. The van der Waals surface area contributed by atoms with Gasteiger partial charge in [0, 0.05) is 28.2 Å². The van der Waals surface area contributed by atoms with E-state index in [-0.39, 0.29) is 28.0 Å². The summed E-state index contributed by atoms with van der Waals surface area (Å²) in [6, 6.07) is 11.7. The number of methoxy groups -OCH3 is 2. The van der Waals surface area contributed by atoms with Gasteiger partial charge in [-0.2, -0.15) is 0 Å². The van der Waals surface area contributed by atoms with Gasteiger partial charge < -0.3 is 19.5 Å². The maximum Gasteiger partial charge on any atom is 0.225 e.